The Kier molecular flexibility index (Phi) is 5.49. The van der Waals surface area contributed by atoms with E-state index in [1.165, 1.54) is 5.56 Å². The maximum atomic E-state index is 13.5. The molecule has 0 radical (unpaired) electrons. The quantitative estimate of drug-likeness (QED) is 0.678. The van der Waals surface area contributed by atoms with Gasteiger partial charge in [0.15, 0.2) is 0 Å². The highest BCUT2D eigenvalue weighted by atomic mass is 16.2. The lowest BCUT2D eigenvalue weighted by molar-refractivity contribution is 0.0636. The van der Waals surface area contributed by atoms with Crippen LogP contribution in [0.4, 0.5) is 0 Å². The lowest BCUT2D eigenvalue weighted by Gasteiger charge is -2.36. The van der Waals surface area contributed by atoms with Gasteiger partial charge < -0.3 is 9.80 Å². The van der Waals surface area contributed by atoms with Crippen molar-refractivity contribution in [2.24, 2.45) is 0 Å². The summed E-state index contributed by atoms with van der Waals surface area (Å²) in [4.78, 5) is 17.7. The molecule has 1 saturated heterocycles. The van der Waals surface area contributed by atoms with Crippen LogP contribution in [0.5, 0.6) is 0 Å². The molecule has 1 aliphatic rings. The predicted molar refractivity (Wildman–Crippen MR) is 116 cm³/mol. The van der Waals surface area contributed by atoms with E-state index in [-0.39, 0.29) is 5.91 Å². The summed E-state index contributed by atoms with van der Waals surface area (Å²) in [5, 5.41) is 4.81. The van der Waals surface area contributed by atoms with Gasteiger partial charge in [0, 0.05) is 30.9 Å². The fraction of sp³-hybridized carbons (Fsp3) is 0.333. The molecule has 1 atom stereocenters. The molecule has 2 aromatic carbocycles. The summed E-state index contributed by atoms with van der Waals surface area (Å²) >= 11 is 0. The number of benzene rings is 2. The molecule has 5 heteroatoms. The summed E-state index contributed by atoms with van der Waals surface area (Å²) in [6.07, 6.45) is 4.04. The van der Waals surface area contributed by atoms with Gasteiger partial charge in [-0.1, -0.05) is 48.0 Å². The first-order chi connectivity index (χ1) is 14.0. The number of piperidine rings is 1. The van der Waals surface area contributed by atoms with Gasteiger partial charge in [-0.25, -0.2) is 4.68 Å². The number of likely N-dealkylation sites (N-methyl/N-ethyl adjacent to an activating group) is 1. The van der Waals surface area contributed by atoms with Gasteiger partial charge in [-0.2, -0.15) is 5.10 Å². The van der Waals surface area contributed by atoms with E-state index in [1.807, 2.05) is 58.2 Å². The Bertz CT molecular complexity index is 976. The smallest absolute Gasteiger partial charge is 0.257 e. The number of hydrogen-bond acceptors (Lipinski definition) is 3. The standard InChI is InChI=1S/C24H28N4O/c1-18-11-13-20(14-12-18)28-17-22(23(25-28)19-8-5-4-6-9-19)24(29)27-15-7-10-21(16-27)26(2)3/h4-6,8-9,11-14,17,21H,7,10,15-16H2,1-3H3. The molecule has 0 spiro atoms. The van der Waals surface area contributed by atoms with Crippen molar-refractivity contribution < 1.29 is 4.79 Å². The highest BCUT2D eigenvalue weighted by Gasteiger charge is 2.28. The Labute approximate surface area is 172 Å². The maximum Gasteiger partial charge on any atom is 0.257 e. The van der Waals surface area contributed by atoms with Crippen LogP contribution in [0.2, 0.25) is 0 Å². The average Bonchev–Trinajstić information content (AvgIpc) is 3.20. The molecule has 1 unspecified atom stereocenters. The molecule has 2 heterocycles. The van der Waals surface area contributed by atoms with Crippen molar-refractivity contribution >= 4 is 5.91 Å². The van der Waals surface area contributed by atoms with E-state index in [9.17, 15) is 4.79 Å². The molecule has 0 aliphatic carbocycles. The third-order valence-corrected chi connectivity index (χ3v) is 5.70. The predicted octanol–water partition coefficient (Wildman–Crippen LogP) is 4.01. The summed E-state index contributed by atoms with van der Waals surface area (Å²) < 4.78 is 1.82. The number of carbonyl (C=O) groups is 1. The number of likely N-dealkylation sites (tertiary alicyclic amines) is 1. The Morgan fingerprint density at radius 3 is 2.48 bits per heavy atom. The van der Waals surface area contributed by atoms with Gasteiger partial charge in [-0.05, 0) is 46.0 Å². The SMILES string of the molecule is Cc1ccc(-n2cc(C(=O)N3CCCC(N(C)C)C3)c(-c3ccccc3)n2)cc1. The minimum atomic E-state index is 0.0637. The van der Waals surface area contributed by atoms with E-state index < -0.39 is 0 Å². The molecule has 1 amide bonds. The first kappa shape index (κ1) is 19.4. The second-order valence-corrected chi connectivity index (χ2v) is 8.05. The molecule has 1 aromatic heterocycles. The van der Waals surface area contributed by atoms with Crippen LogP contribution in [-0.4, -0.2) is 58.7 Å². The van der Waals surface area contributed by atoms with Crippen LogP contribution in [0.15, 0.2) is 60.8 Å². The number of nitrogens with zero attached hydrogens (tertiary/aromatic N) is 4. The van der Waals surface area contributed by atoms with Crippen molar-refractivity contribution in [3.05, 3.63) is 71.9 Å². The van der Waals surface area contributed by atoms with Crippen LogP contribution in [0, 0.1) is 6.92 Å². The monoisotopic (exact) mass is 388 g/mol. The van der Waals surface area contributed by atoms with Crippen molar-refractivity contribution in [1.82, 2.24) is 19.6 Å². The molecule has 5 nitrogen and oxygen atoms in total. The van der Waals surface area contributed by atoms with Gasteiger partial charge in [0.25, 0.3) is 5.91 Å². The van der Waals surface area contributed by atoms with Crippen molar-refractivity contribution in [2.45, 2.75) is 25.8 Å². The molecule has 29 heavy (non-hydrogen) atoms. The third-order valence-electron chi connectivity index (χ3n) is 5.70. The average molecular weight is 389 g/mol. The van der Waals surface area contributed by atoms with Gasteiger partial charge in [0.1, 0.15) is 5.69 Å². The fourth-order valence-corrected chi connectivity index (χ4v) is 3.90. The second-order valence-electron chi connectivity index (χ2n) is 8.05. The molecule has 150 valence electrons. The summed E-state index contributed by atoms with van der Waals surface area (Å²) in [6, 6.07) is 18.6. The molecule has 3 aromatic rings. The second kappa shape index (κ2) is 8.21. The van der Waals surface area contributed by atoms with Crippen molar-refractivity contribution in [1.29, 1.82) is 0 Å². The zero-order valence-electron chi connectivity index (χ0n) is 17.4. The van der Waals surface area contributed by atoms with Gasteiger partial charge in [-0.3, -0.25) is 4.79 Å². The molecule has 1 fully saturated rings. The van der Waals surface area contributed by atoms with E-state index in [1.54, 1.807) is 0 Å². The molecule has 0 N–H and O–H groups in total. The topological polar surface area (TPSA) is 41.4 Å². The van der Waals surface area contributed by atoms with Crippen LogP contribution < -0.4 is 0 Å². The molecular weight excluding hydrogens is 360 g/mol. The molecular formula is C24H28N4O. The first-order valence-corrected chi connectivity index (χ1v) is 10.2. The summed E-state index contributed by atoms with van der Waals surface area (Å²) in [6.45, 7) is 3.62. The lowest BCUT2D eigenvalue weighted by Crippen LogP contribution is -2.47. The minimum absolute atomic E-state index is 0.0637. The first-order valence-electron chi connectivity index (χ1n) is 10.2. The minimum Gasteiger partial charge on any atom is -0.337 e. The Morgan fingerprint density at radius 1 is 1.07 bits per heavy atom. The molecule has 0 saturated carbocycles. The largest absolute Gasteiger partial charge is 0.337 e. The normalized spacial score (nSPS) is 17.0. The van der Waals surface area contributed by atoms with Crippen LogP contribution in [0.25, 0.3) is 16.9 Å². The van der Waals surface area contributed by atoms with E-state index in [2.05, 4.69) is 38.1 Å². The summed E-state index contributed by atoms with van der Waals surface area (Å²) in [5.74, 6) is 0.0637. The highest BCUT2D eigenvalue weighted by molar-refractivity contribution is 6.00. The van der Waals surface area contributed by atoms with Crippen LogP contribution in [-0.2, 0) is 0 Å². The summed E-state index contributed by atoms with van der Waals surface area (Å²) in [7, 11) is 4.17. The van der Waals surface area contributed by atoms with E-state index in [0.29, 0.717) is 11.6 Å². The zero-order chi connectivity index (χ0) is 20.4. The van der Waals surface area contributed by atoms with E-state index in [0.717, 1.165) is 42.9 Å². The Hall–Kier alpha value is -2.92. The number of aromatic nitrogens is 2. The Morgan fingerprint density at radius 2 is 1.79 bits per heavy atom. The fourth-order valence-electron chi connectivity index (χ4n) is 3.90. The lowest BCUT2D eigenvalue weighted by atomic mass is 10.0. The Balaban J connectivity index is 1.73. The molecule has 1 aliphatic heterocycles. The molecule has 4 rings (SSSR count). The number of aryl methyl sites for hydroxylation is 1. The number of rotatable bonds is 4. The van der Waals surface area contributed by atoms with Crippen molar-refractivity contribution in [3.8, 4) is 16.9 Å². The van der Waals surface area contributed by atoms with Gasteiger partial charge >= 0.3 is 0 Å². The third kappa shape index (κ3) is 4.10. The number of amides is 1. The van der Waals surface area contributed by atoms with Crippen molar-refractivity contribution in [2.75, 3.05) is 27.2 Å². The van der Waals surface area contributed by atoms with Gasteiger partial charge in [-0.15, -0.1) is 0 Å². The summed E-state index contributed by atoms with van der Waals surface area (Å²) in [5.41, 5.74) is 4.52. The van der Waals surface area contributed by atoms with Crippen molar-refractivity contribution in [3.63, 3.8) is 0 Å². The van der Waals surface area contributed by atoms with Gasteiger partial charge in [0.05, 0.1) is 11.3 Å². The molecule has 0 bridgehead atoms. The number of carbonyl (C=O) groups excluding carboxylic acids is 1. The van der Waals surface area contributed by atoms with Crippen LogP contribution in [0.1, 0.15) is 28.8 Å². The number of hydrogen-bond donors (Lipinski definition) is 0. The van der Waals surface area contributed by atoms with E-state index in [4.69, 9.17) is 5.10 Å². The van der Waals surface area contributed by atoms with Gasteiger partial charge in [0.2, 0.25) is 0 Å². The maximum absolute atomic E-state index is 13.5. The zero-order valence-corrected chi connectivity index (χ0v) is 17.4. The van der Waals surface area contributed by atoms with Crippen LogP contribution >= 0.6 is 0 Å². The van der Waals surface area contributed by atoms with E-state index >= 15 is 0 Å². The highest BCUT2D eigenvalue weighted by Crippen LogP contribution is 2.26. The van der Waals surface area contributed by atoms with Crippen LogP contribution in [0.3, 0.4) is 0 Å².